The quantitative estimate of drug-likeness (QED) is 0.617. The Hall–Kier alpha value is -3.63. The van der Waals surface area contributed by atoms with E-state index in [-0.39, 0.29) is 11.8 Å². The van der Waals surface area contributed by atoms with Gasteiger partial charge in [0.15, 0.2) is 5.82 Å². The molecule has 1 fully saturated rings. The third kappa shape index (κ3) is 4.82. The van der Waals surface area contributed by atoms with Crippen molar-refractivity contribution in [3.63, 3.8) is 0 Å². The van der Waals surface area contributed by atoms with Crippen LogP contribution in [0.4, 0.5) is 11.5 Å². The fraction of sp³-hybridized carbons (Fsp3) is 0.250. The lowest BCUT2D eigenvalue weighted by Gasteiger charge is -2.32. The van der Waals surface area contributed by atoms with Crippen molar-refractivity contribution in [2.75, 3.05) is 30.4 Å². The topological polar surface area (TPSA) is 91.1 Å². The Balaban J connectivity index is 1.44. The van der Waals surface area contributed by atoms with Gasteiger partial charge in [-0.05, 0) is 67.4 Å². The highest BCUT2D eigenvalue weighted by molar-refractivity contribution is 6.31. The molecule has 1 aliphatic heterocycles. The van der Waals surface area contributed by atoms with E-state index in [0.717, 1.165) is 42.2 Å². The summed E-state index contributed by atoms with van der Waals surface area (Å²) >= 11 is 6.03. The van der Waals surface area contributed by atoms with Crippen LogP contribution in [0.2, 0.25) is 5.02 Å². The second-order valence-corrected chi connectivity index (χ2v) is 8.02. The molecule has 4 rings (SSSR count). The van der Waals surface area contributed by atoms with Crippen LogP contribution in [-0.2, 0) is 4.79 Å². The van der Waals surface area contributed by atoms with Crippen molar-refractivity contribution in [1.29, 1.82) is 5.26 Å². The number of aromatic nitrogens is 2. The number of piperidine rings is 1. The van der Waals surface area contributed by atoms with Crippen molar-refractivity contribution >= 4 is 29.0 Å². The summed E-state index contributed by atoms with van der Waals surface area (Å²) in [5.41, 5.74) is 2.55. The number of nitrogens with zero attached hydrogens (tertiary/aromatic N) is 4. The van der Waals surface area contributed by atoms with Crippen LogP contribution in [-0.4, -0.2) is 36.3 Å². The fourth-order valence-corrected chi connectivity index (χ4v) is 3.93. The van der Waals surface area contributed by atoms with Gasteiger partial charge in [0.2, 0.25) is 5.91 Å². The average molecular weight is 448 g/mol. The third-order valence-corrected chi connectivity index (χ3v) is 5.75. The van der Waals surface area contributed by atoms with E-state index >= 15 is 0 Å². The van der Waals surface area contributed by atoms with Gasteiger partial charge >= 0.3 is 0 Å². The van der Waals surface area contributed by atoms with E-state index in [0.29, 0.717) is 22.8 Å². The highest BCUT2D eigenvalue weighted by Gasteiger charge is 2.27. The molecule has 1 unspecified atom stereocenters. The maximum atomic E-state index is 12.9. The van der Waals surface area contributed by atoms with Gasteiger partial charge in [-0.1, -0.05) is 11.6 Å². The number of hydrogen-bond acceptors (Lipinski definition) is 6. The first kappa shape index (κ1) is 21.6. The lowest BCUT2D eigenvalue weighted by molar-refractivity contribution is -0.120. The van der Waals surface area contributed by atoms with Gasteiger partial charge in [0, 0.05) is 23.7 Å². The fourth-order valence-electron chi connectivity index (χ4n) is 3.76. The molecular formula is C24H22ClN5O2. The number of ether oxygens (including phenoxy) is 1. The molecule has 32 heavy (non-hydrogen) atoms. The molecule has 1 saturated heterocycles. The molecule has 1 aromatic heterocycles. The van der Waals surface area contributed by atoms with Gasteiger partial charge in [-0.25, -0.2) is 0 Å². The molecule has 0 aliphatic carbocycles. The van der Waals surface area contributed by atoms with E-state index in [9.17, 15) is 10.1 Å². The number of methoxy groups -OCH3 is 1. The number of nitrogens with one attached hydrogen (secondary N) is 1. The Labute approximate surface area is 191 Å². The maximum absolute atomic E-state index is 12.9. The Morgan fingerprint density at radius 3 is 2.69 bits per heavy atom. The SMILES string of the molecule is COc1ccc(-c2ccc(N3CCCC(C(=O)Nc4cc(Cl)ccc4C#N)C3)nn2)cc1. The number of rotatable bonds is 5. The molecule has 162 valence electrons. The largest absolute Gasteiger partial charge is 0.497 e. The first-order chi connectivity index (χ1) is 15.6. The second kappa shape index (κ2) is 9.67. The molecule has 2 aromatic carbocycles. The number of carbonyl (C=O) groups excluding carboxylic acids is 1. The minimum Gasteiger partial charge on any atom is -0.497 e. The monoisotopic (exact) mass is 447 g/mol. The first-order valence-corrected chi connectivity index (χ1v) is 10.7. The van der Waals surface area contributed by atoms with Gasteiger partial charge in [0.25, 0.3) is 0 Å². The van der Waals surface area contributed by atoms with Crippen LogP contribution in [0.25, 0.3) is 11.3 Å². The van der Waals surface area contributed by atoms with Gasteiger partial charge in [-0.15, -0.1) is 10.2 Å². The molecule has 1 atom stereocenters. The number of benzene rings is 2. The summed E-state index contributed by atoms with van der Waals surface area (Å²) in [5, 5.41) is 21.4. The van der Waals surface area contributed by atoms with Crippen molar-refractivity contribution in [2.24, 2.45) is 5.92 Å². The lowest BCUT2D eigenvalue weighted by atomic mass is 9.96. The lowest BCUT2D eigenvalue weighted by Crippen LogP contribution is -2.41. The van der Waals surface area contributed by atoms with Crippen molar-refractivity contribution in [3.8, 4) is 23.1 Å². The molecule has 1 N–H and O–H groups in total. The van der Waals surface area contributed by atoms with E-state index < -0.39 is 0 Å². The van der Waals surface area contributed by atoms with Gasteiger partial charge < -0.3 is 15.0 Å². The maximum Gasteiger partial charge on any atom is 0.229 e. The summed E-state index contributed by atoms with van der Waals surface area (Å²) in [6.45, 7) is 1.34. The Kier molecular flexibility index (Phi) is 6.52. The number of halogens is 1. The second-order valence-electron chi connectivity index (χ2n) is 7.58. The summed E-state index contributed by atoms with van der Waals surface area (Å²) in [4.78, 5) is 14.9. The number of hydrogen-bond donors (Lipinski definition) is 1. The van der Waals surface area contributed by atoms with Crippen LogP contribution in [0.1, 0.15) is 18.4 Å². The van der Waals surface area contributed by atoms with Gasteiger partial charge in [0.05, 0.1) is 30.0 Å². The van der Waals surface area contributed by atoms with Crippen LogP contribution in [0.15, 0.2) is 54.6 Å². The third-order valence-electron chi connectivity index (χ3n) is 5.51. The van der Waals surface area contributed by atoms with Gasteiger partial charge in [-0.2, -0.15) is 5.26 Å². The predicted octanol–water partition coefficient (Wildman–Crippen LogP) is 4.53. The molecule has 0 saturated carbocycles. The van der Waals surface area contributed by atoms with Crippen molar-refractivity contribution < 1.29 is 9.53 Å². The van der Waals surface area contributed by atoms with Crippen molar-refractivity contribution in [1.82, 2.24) is 10.2 Å². The minimum absolute atomic E-state index is 0.128. The van der Waals surface area contributed by atoms with E-state index in [1.165, 1.54) is 0 Å². The number of amides is 1. The van der Waals surface area contributed by atoms with Crippen molar-refractivity contribution in [3.05, 3.63) is 65.2 Å². The Morgan fingerprint density at radius 2 is 2.00 bits per heavy atom. The first-order valence-electron chi connectivity index (χ1n) is 10.3. The minimum atomic E-state index is -0.225. The molecule has 0 radical (unpaired) electrons. The molecule has 0 spiro atoms. The molecule has 1 aliphatic rings. The summed E-state index contributed by atoms with van der Waals surface area (Å²) < 4.78 is 5.19. The molecule has 1 amide bonds. The summed E-state index contributed by atoms with van der Waals surface area (Å²) in [5.74, 6) is 1.17. The van der Waals surface area contributed by atoms with E-state index in [4.69, 9.17) is 16.3 Å². The van der Waals surface area contributed by atoms with E-state index in [1.54, 1.807) is 25.3 Å². The van der Waals surface area contributed by atoms with Crippen molar-refractivity contribution in [2.45, 2.75) is 12.8 Å². The predicted molar refractivity (Wildman–Crippen MR) is 124 cm³/mol. The normalized spacial score (nSPS) is 15.7. The van der Waals surface area contributed by atoms with E-state index in [1.807, 2.05) is 36.4 Å². The van der Waals surface area contributed by atoms with E-state index in [2.05, 4.69) is 26.5 Å². The standard InChI is InChI=1S/C24H22ClN5O2/c1-32-20-8-5-16(6-9-20)21-10-11-23(29-28-21)30-12-2-3-18(15-30)24(31)27-22-13-19(25)7-4-17(22)14-26/h4-11,13,18H,2-3,12,15H2,1H3,(H,27,31). The highest BCUT2D eigenvalue weighted by Crippen LogP contribution is 2.26. The smallest absolute Gasteiger partial charge is 0.229 e. The van der Waals surface area contributed by atoms with Gasteiger partial charge in [-0.3, -0.25) is 4.79 Å². The van der Waals surface area contributed by atoms with Crippen LogP contribution in [0.5, 0.6) is 5.75 Å². The molecule has 8 heteroatoms. The Bertz CT molecular complexity index is 1140. The number of nitriles is 1. The molecular weight excluding hydrogens is 426 g/mol. The highest BCUT2D eigenvalue weighted by atomic mass is 35.5. The number of anilines is 2. The zero-order valence-electron chi connectivity index (χ0n) is 17.6. The van der Waals surface area contributed by atoms with Crippen LogP contribution in [0.3, 0.4) is 0 Å². The summed E-state index contributed by atoms with van der Waals surface area (Å²) in [7, 11) is 1.63. The Morgan fingerprint density at radius 1 is 1.19 bits per heavy atom. The summed E-state index contributed by atoms with van der Waals surface area (Å²) in [6.07, 6.45) is 1.63. The van der Waals surface area contributed by atoms with Crippen LogP contribution in [0, 0.1) is 17.2 Å². The zero-order valence-corrected chi connectivity index (χ0v) is 18.3. The summed E-state index contributed by atoms with van der Waals surface area (Å²) in [6, 6.07) is 18.4. The van der Waals surface area contributed by atoms with Crippen LogP contribution < -0.4 is 15.0 Å². The average Bonchev–Trinajstić information content (AvgIpc) is 2.84. The molecule has 7 nitrogen and oxygen atoms in total. The zero-order chi connectivity index (χ0) is 22.5. The molecule has 0 bridgehead atoms. The van der Waals surface area contributed by atoms with Gasteiger partial charge in [0.1, 0.15) is 11.8 Å². The molecule has 3 aromatic rings. The number of carbonyl (C=O) groups is 1. The van der Waals surface area contributed by atoms with Crippen LogP contribution >= 0.6 is 11.6 Å². The molecule has 2 heterocycles.